The lowest BCUT2D eigenvalue weighted by atomic mass is 9.89. The molecule has 192 valence electrons. The number of alkyl halides is 3. The highest BCUT2D eigenvalue weighted by Gasteiger charge is 2.34. The Morgan fingerprint density at radius 3 is 2.54 bits per heavy atom. The Morgan fingerprint density at radius 1 is 1.20 bits per heavy atom. The molecule has 0 radical (unpaired) electrons. The van der Waals surface area contributed by atoms with E-state index in [0.29, 0.717) is 36.0 Å². The van der Waals surface area contributed by atoms with E-state index in [4.69, 9.17) is 21.1 Å². The normalized spacial score (nSPS) is 20.8. The van der Waals surface area contributed by atoms with Crippen LogP contribution in [0.15, 0.2) is 24.3 Å². The van der Waals surface area contributed by atoms with Gasteiger partial charge in [0.1, 0.15) is 6.10 Å². The summed E-state index contributed by atoms with van der Waals surface area (Å²) in [6.07, 6.45) is 0.830. The Kier molecular flexibility index (Phi) is 7.55. The third kappa shape index (κ3) is 6.04. The molecule has 1 aromatic heterocycles. The first kappa shape index (κ1) is 26.0. The Labute approximate surface area is 208 Å². The number of amides is 1. The summed E-state index contributed by atoms with van der Waals surface area (Å²) in [5, 5.41) is 3.11. The maximum atomic E-state index is 13.5. The van der Waals surface area contributed by atoms with Crippen LogP contribution in [-0.2, 0) is 22.2 Å². The Bertz CT molecular complexity index is 1070. The average molecular weight is 513 g/mol. The van der Waals surface area contributed by atoms with Gasteiger partial charge < -0.3 is 19.4 Å². The van der Waals surface area contributed by atoms with Gasteiger partial charge in [-0.15, -0.1) is 0 Å². The van der Waals surface area contributed by atoms with Gasteiger partial charge in [0.15, 0.2) is 5.79 Å². The van der Waals surface area contributed by atoms with Crippen LogP contribution in [0.4, 0.5) is 13.2 Å². The van der Waals surface area contributed by atoms with E-state index in [1.165, 1.54) is 12.5 Å². The fourth-order valence-corrected chi connectivity index (χ4v) is 5.24. The van der Waals surface area contributed by atoms with Crippen molar-refractivity contribution in [3.8, 4) is 11.3 Å². The number of halogens is 4. The van der Waals surface area contributed by atoms with Crippen LogP contribution in [0.2, 0.25) is 5.02 Å². The number of carbonyl (C=O) groups is 1. The lowest BCUT2D eigenvalue weighted by Crippen LogP contribution is -2.34. The predicted molar refractivity (Wildman–Crippen MR) is 128 cm³/mol. The molecular weight excluding hydrogens is 481 g/mol. The summed E-state index contributed by atoms with van der Waals surface area (Å²) in [4.78, 5) is 13.1. The van der Waals surface area contributed by atoms with Gasteiger partial charge in [-0.2, -0.15) is 13.2 Å². The molecule has 1 unspecified atom stereocenters. The van der Waals surface area contributed by atoms with Crippen LogP contribution in [0.5, 0.6) is 0 Å². The van der Waals surface area contributed by atoms with Crippen LogP contribution in [-0.4, -0.2) is 35.5 Å². The molecule has 1 saturated carbocycles. The molecule has 1 saturated heterocycles. The first-order chi connectivity index (χ1) is 16.4. The highest BCUT2D eigenvalue weighted by molar-refractivity contribution is 6.33. The molecule has 4 rings (SSSR count). The predicted octanol–water partition coefficient (Wildman–Crippen LogP) is 6.60. The number of carbonyl (C=O) groups excluding carboxylic acids is 1. The number of ether oxygens (including phenoxy) is 2. The Morgan fingerprint density at radius 2 is 1.91 bits per heavy atom. The zero-order valence-electron chi connectivity index (χ0n) is 20.3. The van der Waals surface area contributed by atoms with Gasteiger partial charge in [-0.25, -0.2) is 0 Å². The second-order valence-corrected chi connectivity index (χ2v) is 10.4. The number of rotatable bonds is 6. The van der Waals surface area contributed by atoms with Gasteiger partial charge in [0, 0.05) is 29.4 Å². The molecule has 1 aromatic carbocycles. The highest BCUT2D eigenvalue weighted by atomic mass is 35.5. The molecule has 0 bridgehead atoms. The van der Waals surface area contributed by atoms with Crippen molar-refractivity contribution in [1.29, 1.82) is 0 Å². The number of hydrogen-bond acceptors (Lipinski definition) is 3. The molecule has 2 aliphatic rings. The first-order valence-electron chi connectivity index (χ1n) is 12.1. The number of nitrogens with one attached hydrogen (secondary N) is 1. The number of nitrogens with zero attached hydrogens (tertiary/aromatic N) is 1. The van der Waals surface area contributed by atoms with E-state index in [-0.39, 0.29) is 29.1 Å². The van der Waals surface area contributed by atoms with Gasteiger partial charge in [-0.1, -0.05) is 30.9 Å². The molecule has 1 atom stereocenters. The number of benzene rings is 1. The van der Waals surface area contributed by atoms with E-state index in [0.717, 1.165) is 37.8 Å². The van der Waals surface area contributed by atoms with Crippen molar-refractivity contribution in [1.82, 2.24) is 9.88 Å². The quantitative estimate of drug-likeness (QED) is 0.474. The summed E-state index contributed by atoms with van der Waals surface area (Å²) in [6.45, 7) is 6.75. The third-order valence-corrected chi connectivity index (χ3v) is 7.23. The van der Waals surface area contributed by atoms with Crippen LogP contribution >= 0.6 is 11.6 Å². The van der Waals surface area contributed by atoms with Crippen LogP contribution in [0, 0.1) is 12.8 Å². The molecule has 5 nitrogen and oxygen atoms in total. The van der Waals surface area contributed by atoms with E-state index >= 15 is 0 Å². The minimum Gasteiger partial charge on any atom is -0.349 e. The van der Waals surface area contributed by atoms with Crippen molar-refractivity contribution in [2.24, 2.45) is 5.92 Å². The van der Waals surface area contributed by atoms with Crippen molar-refractivity contribution in [2.45, 2.75) is 77.5 Å². The zero-order valence-corrected chi connectivity index (χ0v) is 21.1. The van der Waals surface area contributed by atoms with Crippen molar-refractivity contribution < 1.29 is 27.4 Å². The van der Waals surface area contributed by atoms with Gasteiger partial charge in [0.05, 0.1) is 23.4 Å². The highest BCUT2D eigenvalue weighted by Crippen LogP contribution is 2.38. The SMILES string of the molecule is Cc1c(C(=O)NCC2COC(C)(C)O2)cc(-c2cc(C(F)(F)F)ccc2Cl)n1CC1CCCCC1. The van der Waals surface area contributed by atoms with Crippen LogP contribution < -0.4 is 5.32 Å². The number of hydrogen-bond donors (Lipinski definition) is 1. The summed E-state index contributed by atoms with van der Waals surface area (Å²) in [5.74, 6) is -0.592. The first-order valence-corrected chi connectivity index (χ1v) is 12.5. The van der Waals surface area contributed by atoms with Gasteiger partial charge in [-0.05, 0) is 63.8 Å². The van der Waals surface area contributed by atoms with E-state index in [2.05, 4.69) is 5.32 Å². The molecule has 0 spiro atoms. The van der Waals surface area contributed by atoms with Crippen LogP contribution in [0.3, 0.4) is 0 Å². The summed E-state index contributed by atoms with van der Waals surface area (Å²) in [5.41, 5.74) is 1.15. The van der Waals surface area contributed by atoms with E-state index in [1.54, 1.807) is 6.07 Å². The molecule has 1 aliphatic heterocycles. The molecule has 9 heteroatoms. The van der Waals surface area contributed by atoms with Gasteiger partial charge >= 0.3 is 6.18 Å². The Hall–Kier alpha value is -2.03. The summed E-state index contributed by atoms with van der Waals surface area (Å²) >= 11 is 6.40. The molecular formula is C26H32ClF3N2O3. The van der Waals surface area contributed by atoms with E-state index in [9.17, 15) is 18.0 Å². The topological polar surface area (TPSA) is 52.5 Å². The average Bonchev–Trinajstić information content (AvgIpc) is 3.31. The van der Waals surface area contributed by atoms with E-state index in [1.807, 2.05) is 25.3 Å². The second-order valence-electron chi connectivity index (χ2n) is 10.00. The third-order valence-electron chi connectivity index (χ3n) is 6.90. The van der Waals surface area contributed by atoms with Crippen LogP contribution in [0.1, 0.15) is 67.6 Å². The van der Waals surface area contributed by atoms with Gasteiger partial charge in [0.25, 0.3) is 5.91 Å². The lowest BCUT2D eigenvalue weighted by Gasteiger charge is -2.24. The molecule has 1 N–H and O–H groups in total. The molecule has 2 fully saturated rings. The maximum Gasteiger partial charge on any atom is 0.416 e. The minimum absolute atomic E-state index is 0.214. The second kappa shape index (κ2) is 10.1. The van der Waals surface area contributed by atoms with Crippen molar-refractivity contribution in [3.05, 3.63) is 46.1 Å². The molecule has 1 amide bonds. The lowest BCUT2D eigenvalue weighted by molar-refractivity contribution is -0.138. The van der Waals surface area contributed by atoms with Gasteiger partial charge in [0.2, 0.25) is 0 Å². The van der Waals surface area contributed by atoms with Gasteiger partial charge in [-0.3, -0.25) is 4.79 Å². The summed E-state index contributed by atoms with van der Waals surface area (Å²) in [7, 11) is 0. The summed E-state index contributed by atoms with van der Waals surface area (Å²) < 4.78 is 53.7. The van der Waals surface area contributed by atoms with Crippen molar-refractivity contribution in [3.63, 3.8) is 0 Å². The fraction of sp³-hybridized carbons (Fsp3) is 0.577. The zero-order chi connectivity index (χ0) is 25.4. The molecule has 2 heterocycles. The molecule has 2 aromatic rings. The van der Waals surface area contributed by atoms with Crippen molar-refractivity contribution in [2.75, 3.05) is 13.2 Å². The largest absolute Gasteiger partial charge is 0.416 e. The summed E-state index contributed by atoms with van der Waals surface area (Å²) in [6, 6.07) is 4.98. The minimum atomic E-state index is -4.49. The smallest absolute Gasteiger partial charge is 0.349 e. The number of aromatic nitrogens is 1. The van der Waals surface area contributed by atoms with Crippen LogP contribution in [0.25, 0.3) is 11.3 Å². The fourth-order valence-electron chi connectivity index (χ4n) is 5.02. The monoisotopic (exact) mass is 512 g/mol. The maximum absolute atomic E-state index is 13.5. The molecule has 1 aliphatic carbocycles. The van der Waals surface area contributed by atoms with E-state index < -0.39 is 17.5 Å². The molecule has 35 heavy (non-hydrogen) atoms. The standard InChI is InChI=1S/C26H32ClF3N2O3/c1-16-20(24(33)31-13-19-15-34-25(2,3)35-19)12-23(32(16)14-17-7-5-4-6-8-17)21-11-18(26(28,29)30)9-10-22(21)27/h9-12,17,19H,4-8,13-15H2,1-3H3,(H,31,33). The van der Waals surface area contributed by atoms with Crippen molar-refractivity contribution >= 4 is 17.5 Å². The Balaban J connectivity index is 1.66.